The van der Waals surface area contributed by atoms with Crippen molar-refractivity contribution in [2.75, 3.05) is 32.8 Å². The minimum Gasteiger partial charge on any atom is -0.378 e. The van der Waals surface area contributed by atoms with Gasteiger partial charge in [0.2, 0.25) is 5.91 Å². The van der Waals surface area contributed by atoms with Crippen LogP contribution in [0.5, 0.6) is 0 Å². The molecule has 0 radical (unpaired) electrons. The molecule has 0 bridgehead atoms. The summed E-state index contributed by atoms with van der Waals surface area (Å²) in [6.07, 6.45) is 8.27. The average Bonchev–Trinajstić information content (AvgIpc) is 2.74. The number of morpholine rings is 1. The number of ether oxygens (including phenoxy) is 1. The van der Waals surface area contributed by atoms with Gasteiger partial charge >= 0.3 is 0 Å². The van der Waals surface area contributed by atoms with Crippen molar-refractivity contribution in [2.45, 2.75) is 33.6 Å². The summed E-state index contributed by atoms with van der Waals surface area (Å²) < 4.78 is 5.35. The van der Waals surface area contributed by atoms with Crippen LogP contribution in [0.4, 0.5) is 0 Å². The highest BCUT2D eigenvalue weighted by molar-refractivity contribution is 5.93. The minimum absolute atomic E-state index is 0.149. The molecule has 1 N–H and O–H groups in total. The number of carbonyl (C=O) groups is 2. The standard InChI is InChI=1S/C22H32N4O3/c1-15(2)20-9-17(10-21(27)26-4-6-29-7-5-26)16(3)8-18(20)13-25-22(28)19-11-23-14-24-12-19/h8,11-12,14-15,17-18,20H,4-7,9-10,13H2,1-3H3,(H,25,28)/t17-,18-,20-/m0/s1. The van der Waals surface area contributed by atoms with Crippen molar-refractivity contribution < 1.29 is 14.3 Å². The van der Waals surface area contributed by atoms with E-state index in [1.165, 1.54) is 24.3 Å². The quantitative estimate of drug-likeness (QED) is 0.741. The maximum atomic E-state index is 12.7. The molecule has 2 amide bonds. The molecule has 158 valence electrons. The van der Waals surface area contributed by atoms with Crippen LogP contribution in [0.2, 0.25) is 0 Å². The lowest BCUT2D eigenvalue weighted by molar-refractivity contribution is -0.136. The maximum absolute atomic E-state index is 12.7. The van der Waals surface area contributed by atoms with E-state index in [4.69, 9.17) is 4.74 Å². The number of allylic oxidation sites excluding steroid dienone is 1. The maximum Gasteiger partial charge on any atom is 0.254 e. The van der Waals surface area contributed by atoms with E-state index in [-0.39, 0.29) is 23.7 Å². The predicted octanol–water partition coefficient (Wildman–Crippen LogP) is 2.31. The molecule has 2 aliphatic rings. The number of nitrogens with one attached hydrogen (secondary N) is 1. The van der Waals surface area contributed by atoms with Crippen LogP contribution in [0.15, 0.2) is 30.4 Å². The number of hydrogen-bond acceptors (Lipinski definition) is 5. The van der Waals surface area contributed by atoms with E-state index in [2.05, 4.69) is 42.1 Å². The smallest absolute Gasteiger partial charge is 0.254 e. The monoisotopic (exact) mass is 400 g/mol. The third-order valence-corrected chi connectivity index (χ3v) is 6.19. The highest BCUT2D eigenvalue weighted by Crippen LogP contribution is 2.39. The Kier molecular flexibility index (Phi) is 7.36. The molecular formula is C22H32N4O3. The molecule has 0 saturated carbocycles. The fraction of sp³-hybridized carbons (Fsp3) is 0.636. The molecule has 7 heteroatoms. The molecule has 1 aliphatic heterocycles. The van der Waals surface area contributed by atoms with E-state index in [0.717, 1.165) is 6.42 Å². The van der Waals surface area contributed by atoms with Crippen molar-refractivity contribution in [1.29, 1.82) is 0 Å². The molecule has 3 rings (SSSR count). The van der Waals surface area contributed by atoms with Gasteiger partial charge in [-0.05, 0) is 37.0 Å². The largest absolute Gasteiger partial charge is 0.378 e. The van der Waals surface area contributed by atoms with E-state index in [1.54, 1.807) is 0 Å². The zero-order chi connectivity index (χ0) is 20.8. The molecule has 1 aromatic heterocycles. The van der Waals surface area contributed by atoms with Gasteiger partial charge in [-0.3, -0.25) is 9.59 Å². The van der Waals surface area contributed by atoms with Gasteiger partial charge in [0.05, 0.1) is 18.8 Å². The summed E-state index contributed by atoms with van der Waals surface area (Å²) in [4.78, 5) is 34.8. The summed E-state index contributed by atoms with van der Waals surface area (Å²) in [5, 5.41) is 3.03. The average molecular weight is 401 g/mol. The first kappa shape index (κ1) is 21.4. The summed E-state index contributed by atoms with van der Waals surface area (Å²) in [5.41, 5.74) is 1.73. The summed E-state index contributed by atoms with van der Waals surface area (Å²) in [7, 11) is 0. The fourth-order valence-corrected chi connectivity index (χ4v) is 4.39. The number of amides is 2. The summed E-state index contributed by atoms with van der Waals surface area (Å²) in [6, 6.07) is 0. The van der Waals surface area contributed by atoms with Gasteiger partial charge in [0.15, 0.2) is 0 Å². The molecule has 0 aromatic carbocycles. The molecule has 1 aliphatic carbocycles. The van der Waals surface area contributed by atoms with Crippen LogP contribution < -0.4 is 5.32 Å². The van der Waals surface area contributed by atoms with Crippen LogP contribution >= 0.6 is 0 Å². The number of hydrogen-bond donors (Lipinski definition) is 1. The normalized spacial score (nSPS) is 24.9. The van der Waals surface area contributed by atoms with Crippen LogP contribution in [0.3, 0.4) is 0 Å². The Labute approximate surface area is 172 Å². The number of aromatic nitrogens is 2. The van der Waals surface area contributed by atoms with Crippen LogP contribution in [0, 0.1) is 23.7 Å². The first-order valence-corrected chi connectivity index (χ1v) is 10.5. The van der Waals surface area contributed by atoms with Gasteiger partial charge in [-0.1, -0.05) is 25.5 Å². The van der Waals surface area contributed by atoms with Crippen LogP contribution in [-0.2, 0) is 9.53 Å². The first-order chi connectivity index (χ1) is 14.0. The predicted molar refractivity (Wildman–Crippen MR) is 110 cm³/mol. The Hall–Kier alpha value is -2.28. The third kappa shape index (κ3) is 5.63. The molecule has 1 aromatic rings. The van der Waals surface area contributed by atoms with Crippen LogP contribution in [0.25, 0.3) is 0 Å². The molecule has 29 heavy (non-hydrogen) atoms. The molecule has 0 unspecified atom stereocenters. The Morgan fingerprint density at radius 3 is 2.59 bits per heavy atom. The SMILES string of the molecule is CC1=C[C@@H](CNC(=O)c2cncnc2)[C@H](C(C)C)C[C@H]1CC(=O)N1CCOCC1. The fourth-order valence-electron chi connectivity index (χ4n) is 4.39. The van der Waals surface area contributed by atoms with Crippen molar-refractivity contribution in [3.8, 4) is 0 Å². The van der Waals surface area contributed by atoms with Gasteiger partial charge in [0, 0.05) is 38.4 Å². The molecular weight excluding hydrogens is 368 g/mol. The summed E-state index contributed by atoms with van der Waals surface area (Å²) >= 11 is 0. The first-order valence-electron chi connectivity index (χ1n) is 10.5. The minimum atomic E-state index is -0.149. The van der Waals surface area contributed by atoms with Gasteiger partial charge < -0.3 is 15.0 Å². The van der Waals surface area contributed by atoms with E-state index >= 15 is 0 Å². The van der Waals surface area contributed by atoms with E-state index in [1.807, 2.05) is 4.90 Å². The third-order valence-electron chi connectivity index (χ3n) is 6.19. The Morgan fingerprint density at radius 1 is 1.24 bits per heavy atom. The zero-order valence-corrected chi connectivity index (χ0v) is 17.6. The Balaban J connectivity index is 1.62. The highest BCUT2D eigenvalue weighted by atomic mass is 16.5. The van der Waals surface area contributed by atoms with Crippen LogP contribution in [0.1, 0.15) is 44.0 Å². The molecule has 3 atom stereocenters. The lowest BCUT2D eigenvalue weighted by Gasteiger charge is -2.38. The molecule has 0 spiro atoms. The Morgan fingerprint density at radius 2 is 1.93 bits per heavy atom. The van der Waals surface area contributed by atoms with Crippen molar-refractivity contribution in [2.24, 2.45) is 23.7 Å². The molecule has 7 nitrogen and oxygen atoms in total. The highest BCUT2D eigenvalue weighted by Gasteiger charge is 2.33. The lowest BCUT2D eigenvalue weighted by Crippen LogP contribution is -2.42. The number of nitrogens with zero attached hydrogens (tertiary/aromatic N) is 3. The van der Waals surface area contributed by atoms with Gasteiger partial charge in [0.1, 0.15) is 6.33 Å². The molecule has 2 heterocycles. The molecule has 1 saturated heterocycles. The second-order valence-electron chi connectivity index (χ2n) is 8.45. The second-order valence-corrected chi connectivity index (χ2v) is 8.45. The van der Waals surface area contributed by atoms with Crippen LogP contribution in [-0.4, -0.2) is 59.5 Å². The summed E-state index contributed by atoms with van der Waals surface area (Å²) in [5.74, 6) is 1.51. The van der Waals surface area contributed by atoms with Gasteiger partial charge in [0.25, 0.3) is 5.91 Å². The zero-order valence-electron chi connectivity index (χ0n) is 17.6. The van der Waals surface area contributed by atoms with Crippen molar-refractivity contribution >= 4 is 11.8 Å². The second kappa shape index (κ2) is 9.96. The molecule has 1 fully saturated rings. The van der Waals surface area contributed by atoms with Gasteiger partial charge in [-0.2, -0.15) is 0 Å². The van der Waals surface area contributed by atoms with E-state index in [0.29, 0.717) is 56.7 Å². The van der Waals surface area contributed by atoms with Gasteiger partial charge in [-0.25, -0.2) is 9.97 Å². The van der Waals surface area contributed by atoms with E-state index in [9.17, 15) is 9.59 Å². The topological polar surface area (TPSA) is 84.4 Å². The lowest BCUT2D eigenvalue weighted by atomic mass is 9.69. The van der Waals surface area contributed by atoms with Crippen molar-refractivity contribution in [3.63, 3.8) is 0 Å². The number of carbonyl (C=O) groups excluding carboxylic acids is 2. The Bertz CT molecular complexity index is 729. The van der Waals surface area contributed by atoms with Crippen molar-refractivity contribution in [3.05, 3.63) is 35.9 Å². The number of rotatable bonds is 6. The van der Waals surface area contributed by atoms with Gasteiger partial charge in [-0.15, -0.1) is 0 Å². The van der Waals surface area contributed by atoms with Crippen molar-refractivity contribution in [1.82, 2.24) is 20.2 Å². The van der Waals surface area contributed by atoms with E-state index < -0.39 is 0 Å². The summed E-state index contributed by atoms with van der Waals surface area (Å²) in [6.45, 7) is 9.80.